The zero-order valence-corrected chi connectivity index (χ0v) is 14.2. The molecule has 1 aliphatic rings. The molecule has 1 aliphatic heterocycles. The van der Waals surface area contributed by atoms with Crippen molar-refractivity contribution < 1.29 is 0 Å². The summed E-state index contributed by atoms with van der Waals surface area (Å²) in [5.74, 6) is 1.59. The molecule has 1 heterocycles. The number of aryl methyl sites for hydroxylation is 1. The van der Waals surface area contributed by atoms with Gasteiger partial charge in [0.1, 0.15) is 0 Å². The molecule has 1 saturated heterocycles. The predicted octanol–water partition coefficient (Wildman–Crippen LogP) is 3.84. The van der Waals surface area contributed by atoms with Gasteiger partial charge in [-0.25, -0.2) is 0 Å². The Bertz CT molecular complexity index is 427. The molecule has 1 aromatic carbocycles. The minimum absolute atomic E-state index is 0.664. The van der Waals surface area contributed by atoms with Crippen molar-refractivity contribution in [1.29, 1.82) is 0 Å². The van der Waals surface area contributed by atoms with E-state index >= 15 is 0 Å². The number of benzene rings is 1. The van der Waals surface area contributed by atoms with Crippen molar-refractivity contribution >= 4 is 0 Å². The average molecular weight is 288 g/mol. The Kier molecular flexibility index (Phi) is 6.25. The third-order valence-electron chi connectivity index (χ3n) is 4.38. The molecule has 0 radical (unpaired) electrons. The highest BCUT2D eigenvalue weighted by Crippen LogP contribution is 2.19. The van der Waals surface area contributed by atoms with Crippen LogP contribution in [0.3, 0.4) is 0 Å². The number of piperidine rings is 1. The van der Waals surface area contributed by atoms with Crippen molar-refractivity contribution in [2.24, 2.45) is 11.8 Å². The summed E-state index contributed by atoms with van der Waals surface area (Å²) in [6.07, 6.45) is 2.60. The van der Waals surface area contributed by atoms with Crippen molar-refractivity contribution in [3.8, 4) is 0 Å². The van der Waals surface area contributed by atoms with Crippen molar-refractivity contribution in [3.05, 3.63) is 35.4 Å². The monoisotopic (exact) mass is 288 g/mol. The standard InChI is InChI=1S/C19H32N2/c1-15(2)8-9-20-19-11-17(4)12-21(14-19)13-18-7-5-6-16(3)10-18/h5-7,10,15,17,19-20H,8-9,11-14H2,1-4H3. The minimum atomic E-state index is 0.664. The Morgan fingerprint density at radius 3 is 2.81 bits per heavy atom. The van der Waals surface area contributed by atoms with Gasteiger partial charge in [-0.2, -0.15) is 0 Å². The van der Waals surface area contributed by atoms with Crippen molar-refractivity contribution in [1.82, 2.24) is 10.2 Å². The second-order valence-corrected chi connectivity index (χ2v) is 7.36. The number of likely N-dealkylation sites (tertiary alicyclic amines) is 1. The van der Waals surface area contributed by atoms with E-state index in [9.17, 15) is 0 Å². The maximum atomic E-state index is 3.77. The van der Waals surface area contributed by atoms with Gasteiger partial charge in [-0.05, 0) is 43.7 Å². The fraction of sp³-hybridized carbons (Fsp3) is 0.684. The molecular weight excluding hydrogens is 256 g/mol. The fourth-order valence-electron chi connectivity index (χ4n) is 3.38. The van der Waals surface area contributed by atoms with E-state index in [1.807, 2.05) is 0 Å². The molecule has 1 fully saturated rings. The van der Waals surface area contributed by atoms with Crippen LogP contribution in [0.2, 0.25) is 0 Å². The Hall–Kier alpha value is -0.860. The summed E-state index contributed by atoms with van der Waals surface area (Å²) in [6.45, 7) is 13.8. The molecule has 1 aromatic rings. The van der Waals surface area contributed by atoms with Crippen LogP contribution >= 0.6 is 0 Å². The van der Waals surface area contributed by atoms with Gasteiger partial charge in [-0.1, -0.05) is 50.6 Å². The first kappa shape index (κ1) is 16.5. The van der Waals surface area contributed by atoms with Crippen LogP contribution in [0.15, 0.2) is 24.3 Å². The second kappa shape index (κ2) is 7.95. The summed E-state index contributed by atoms with van der Waals surface area (Å²) >= 11 is 0. The average Bonchev–Trinajstić information content (AvgIpc) is 2.37. The number of hydrogen-bond acceptors (Lipinski definition) is 2. The molecule has 0 saturated carbocycles. The van der Waals surface area contributed by atoms with Gasteiger partial charge in [0.2, 0.25) is 0 Å². The summed E-state index contributed by atoms with van der Waals surface area (Å²) in [4.78, 5) is 2.62. The van der Waals surface area contributed by atoms with Crippen LogP contribution in [-0.2, 0) is 6.54 Å². The van der Waals surface area contributed by atoms with E-state index in [0.717, 1.165) is 24.9 Å². The highest BCUT2D eigenvalue weighted by atomic mass is 15.2. The molecule has 0 aliphatic carbocycles. The first-order valence-electron chi connectivity index (χ1n) is 8.54. The maximum Gasteiger partial charge on any atom is 0.0234 e. The van der Waals surface area contributed by atoms with Crippen LogP contribution in [-0.4, -0.2) is 30.6 Å². The molecule has 2 rings (SSSR count). The normalized spacial score (nSPS) is 23.7. The summed E-state index contributed by atoms with van der Waals surface area (Å²) in [5.41, 5.74) is 2.81. The van der Waals surface area contributed by atoms with Gasteiger partial charge in [0.25, 0.3) is 0 Å². The fourth-order valence-corrected chi connectivity index (χ4v) is 3.38. The van der Waals surface area contributed by atoms with E-state index in [1.165, 1.54) is 37.1 Å². The Balaban J connectivity index is 1.85. The molecule has 0 bridgehead atoms. The molecule has 0 amide bonds. The van der Waals surface area contributed by atoms with Crippen molar-refractivity contribution in [3.63, 3.8) is 0 Å². The molecule has 1 N–H and O–H groups in total. The van der Waals surface area contributed by atoms with E-state index in [4.69, 9.17) is 0 Å². The zero-order valence-electron chi connectivity index (χ0n) is 14.2. The summed E-state index contributed by atoms with van der Waals surface area (Å²) in [6, 6.07) is 9.60. The largest absolute Gasteiger partial charge is 0.313 e. The molecule has 2 nitrogen and oxygen atoms in total. The van der Waals surface area contributed by atoms with Crippen LogP contribution in [0.5, 0.6) is 0 Å². The van der Waals surface area contributed by atoms with E-state index < -0.39 is 0 Å². The summed E-state index contributed by atoms with van der Waals surface area (Å²) in [5, 5.41) is 3.77. The van der Waals surface area contributed by atoms with Gasteiger partial charge >= 0.3 is 0 Å². The number of hydrogen-bond donors (Lipinski definition) is 1. The molecule has 21 heavy (non-hydrogen) atoms. The molecule has 2 heteroatoms. The number of rotatable bonds is 6. The summed E-state index contributed by atoms with van der Waals surface area (Å²) < 4.78 is 0. The third-order valence-corrected chi connectivity index (χ3v) is 4.38. The second-order valence-electron chi connectivity index (χ2n) is 7.36. The Labute approximate surface area is 130 Å². The van der Waals surface area contributed by atoms with Crippen molar-refractivity contribution in [2.75, 3.05) is 19.6 Å². The Morgan fingerprint density at radius 1 is 1.29 bits per heavy atom. The highest BCUT2D eigenvalue weighted by molar-refractivity contribution is 5.22. The molecule has 2 unspecified atom stereocenters. The first-order valence-corrected chi connectivity index (χ1v) is 8.54. The van der Waals surface area contributed by atoms with E-state index in [1.54, 1.807) is 0 Å². The highest BCUT2D eigenvalue weighted by Gasteiger charge is 2.24. The van der Waals surface area contributed by atoms with E-state index in [2.05, 4.69) is 62.2 Å². The predicted molar refractivity (Wildman–Crippen MR) is 91.5 cm³/mol. The molecule has 2 atom stereocenters. The van der Waals surface area contributed by atoms with E-state index in [-0.39, 0.29) is 0 Å². The minimum Gasteiger partial charge on any atom is -0.313 e. The molecule has 0 spiro atoms. The van der Waals surface area contributed by atoms with Gasteiger partial charge in [0.15, 0.2) is 0 Å². The van der Waals surface area contributed by atoms with Crippen LogP contribution in [0.25, 0.3) is 0 Å². The van der Waals surface area contributed by atoms with Gasteiger partial charge in [-0.3, -0.25) is 4.90 Å². The molecular formula is C19H32N2. The number of nitrogens with one attached hydrogen (secondary N) is 1. The van der Waals surface area contributed by atoms with Crippen LogP contribution in [0.1, 0.15) is 44.7 Å². The third kappa shape index (κ3) is 5.80. The van der Waals surface area contributed by atoms with Gasteiger partial charge in [0, 0.05) is 25.7 Å². The molecule has 118 valence electrons. The quantitative estimate of drug-likeness (QED) is 0.855. The molecule has 0 aromatic heterocycles. The van der Waals surface area contributed by atoms with E-state index in [0.29, 0.717) is 6.04 Å². The van der Waals surface area contributed by atoms with Gasteiger partial charge < -0.3 is 5.32 Å². The maximum absolute atomic E-state index is 3.77. The van der Waals surface area contributed by atoms with Crippen molar-refractivity contribution in [2.45, 2.75) is 53.1 Å². The Morgan fingerprint density at radius 2 is 2.10 bits per heavy atom. The number of nitrogens with zero attached hydrogens (tertiary/aromatic N) is 1. The van der Waals surface area contributed by atoms with Gasteiger partial charge in [-0.15, -0.1) is 0 Å². The topological polar surface area (TPSA) is 15.3 Å². The lowest BCUT2D eigenvalue weighted by Gasteiger charge is -2.37. The van der Waals surface area contributed by atoms with Gasteiger partial charge in [0.05, 0.1) is 0 Å². The lowest BCUT2D eigenvalue weighted by atomic mass is 9.95. The van der Waals surface area contributed by atoms with Crippen LogP contribution in [0.4, 0.5) is 0 Å². The smallest absolute Gasteiger partial charge is 0.0234 e. The lowest BCUT2D eigenvalue weighted by Crippen LogP contribution is -2.48. The lowest BCUT2D eigenvalue weighted by molar-refractivity contribution is 0.142. The first-order chi connectivity index (χ1) is 10.0. The van der Waals surface area contributed by atoms with Crippen LogP contribution in [0, 0.1) is 18.8 Å². The van der Waals surface area contributed by atoms with Crippen LogP contribution < -0.4 is 5.32 Å². The summed E-state index contributed by atoms with van der Waals surface area (Å²) in [7, 11) is 0. The zero-order chi connectivity index (χ0) is 15.2. The SMILES string of the molecule is Cc1cccc(CN2CC(C)CC(NCCC(C)C)C2)c1.